The second-order valence-corrected chi connectivity index (χ2v) is 1.64. The van der Waals surface area contributed by atoms with Gasteiger partial charge in [0.1, 0.15) is 0 Å². The molecular formula is C7H5AgFO2. The smallest absolute Gasteiger partial charge is 0.298 e. The molecule has 0 heterocycles. The molecule has 11 heavy (non-hydrogen) atoms. The molecular weight excluding hydrogens is 243 g/mol. The molecule has 2 nitrogen and oxygen atoms in total. The van der Waals surface area contributed by atoms with Crippen LogP contribution in [-0.4, -0.2) is 6.47 Å². The Morgan fingerprint density at radius 2 is 2.00 bits per heavy atom. The Morgan fingerprint density at radius 3 is 2.55 bits per heavy atom. The molecule has 0 aromatic heterocycles. The minimum Gasteiger partial charge on any atom is -0.426 e. The summed E-state index contributed by atoms with van der Waals surface area (Å²) in [6, 6.07) is 5.71. The van der Waals surface area contributed by atoms with Crippen LogP contribution in [0.15, 0.2) is 24.3 Å². The number of carbonyl (C=O) groups is 1. The molecule has 0 unspecified atom stereocenters. The maximum absolute atomic E-state index is 12.5. The van der Waals surface area contributed by atoms with Gasteiger partial charge in [-0.05, 0) is 12.1 Å². The third-order valence-corrected chi connectivity index (χ3v) is 1.01. The third-order valence-electron chi connectivity index (χ3n) is 1.01. The van der Waals surface area contributed by atoms with Crippen LogP contribution in [0.5, 0.6) is 5.75 Å². The summed E-state index contributed by atoms with van der Waals surface area (Å²) in [6.07, 6.45) is 0. The average molecular weight is 248 g/mol. The van der Waals surface area contributed by atoms with E-state index in [2.05, 4.69) is 4.74 Å². The molecule has 1 rings (SSSR count). The quantitative estimate of drug-likeness (QED) is 0.583. The van der Waals surface area contributed by atoms with Gasteiger partial charge in [-0.1, -0.05) is 12.1 Å². The van der Waals surface area contributed by atoms with E-state index in [1.807, 2.05) is 0 Å². The van der Waals surface area contributed by atoms with E-state index in [1.165, 1.54) is 18.2 Å². The van der Waals surface area contributed by atoms with Crippen molar-refractivity contribution in [3.8, 4) is 5.75 Å². The van der Waals surface area contributed by atoms with Crippen LogP contribution in [0.2, 0.25) is 0 Å². The fraction of sp³-hybridized carbons (Fsp3) is 0. The minimum atomic E-state index is -0.533. The Balaban J connectivity index is 0.000001000. The number of halogens is 1. The van der Waals surface area contributed by atoms with Crippen molar-refractivity contribution in [3.63, 3.8) is 0 Å². The molecule has 0 atom stereocenters. The zero-order valence-electron chi connectivity index (χ0n) is 5.38. The van der Waals surface area contributed by atoms with Crippen LogP contribution in [0, 0.1) is 5.82 Å². The molecule has 1 aromatic carbocycles. The Kier molecular flexibility index (Phi) is 4.77. The van der Waals surface area contributed by atoms with Crippen LogP contribution in [-0.2, 0) is 27.2 Å². The van der Waals surface area contributed by atoms with Crippen molar-refractivity contribution in [1.82, 2.24) is 0 Å². The molecule has 0 amide bonds. The molecule has 0 bridgehead atoms. The normalized spacial score (nSPS) is 8.09. The van der Waals surface area contributed by atoms with Crippen LogP contribution in [0.3, 0.4) is 0 Å². The number of ether oxygens (including phenoxy) is 1. The molecule has 4 heteroatoms. The number of hydrogen-bond acceptors (Lipinski definition) is 2. The largest absolute Gasteiger partial charge is 0.426 e. The Morgan fingerprint density at radius 1 is 1.36 bits per heavy atom. The van der Waals surface area contributed by atoms with E-state index in [0.29, 0.717) is 0 Å². The molecule has 63 valence electrons. The molecule has 1 radical (unpaired) electrons. The fourth-order valence-corrected chi connectivity index (χ4v) is 0.592. The van der Waals surface area contributed by atoms with Crippen molar-refractivity contribution in [1.29, 1.82) is 0 Å². The zero-order valence-corrected chi connectivity index (χ0v) is 6.86. The summed E-state index contributed by atoms with van der Waals surface area (Å²) >= 11 is 0. The Labute approximate surface area is 78.9 Å². The Bertz CT molecular complexity index is 240. The van der Waals surface area contributed by atoms with Crippen molar-refractivity contribution in [2.45, 2.75) is 0 Å². The van der Waals surface area contributed by atoms with Gasteiger partial charge in [0.15, 0.2) is 11.6 Å². The zero-order chi connectivity index (χ0) is 7.40. The molecule has 0 aliphatic heterocycles. The molecule has 0 spiro atoms. The van der Waals surface area contributed by atoms with Crippen molar-refractivity contribution >= 4 is 6.47 Å². The van der Waals surface area contributed by atoms with Gasteiger partial charge in [-0.25, -0.2) is 4.39 Å². The van der Waals surface area contributed by atoms with E-state index < -0.39 is 5.82 Å². The number of rotatable bonds is 2. The monoisotopic (exact) mass is 247 g/mol. The summed E-state index contributed by atoms with van der Waals surface area (Å²) in [6.45, 7) is 0.193. The molecule has 1 aromatic rings. The summed E-state index contributed by atoms with van der Waals surface area (Å²) in [7, 11) is 0. The summed E-state index contributed by atoms with van der Waals surface area (Å²) < 4.78 is 16.8. The molecule has 0 N–H and O–H groups in total. The minimum absolute atomic E-state index is 0. The first-order valence-corrected chi connectivity index (χ1v) is 2.69. The predicted molar refractivity (Wildman–Crippen MR) is 33.1 cm³/mol. The SMILES string of the molecule is O=COc1ccccc1F.[Ag]. The van der Waals surface area contributed by atoms with Gasteiger partial charge in [-0.2, -0.15) is 0 Å². The second kappa shape index (κ2) is 5.07. The van der Waals surface area contributed by atoms with Gasteiger partial charge < -0.3 is 4.74 Å². The number of carbonyl (C=O) groups excluding carboxylic acids is 1. The van der Waals surface area contributed by atoms with Crippen LogP contribution in [0.4, 0.5) is 4.39 Å². The van der Waals surface area contributed by atoms with Crippen LogP contribution >= 0.6 is 0 Å². The number of para-hydroxylation sites is 1. The van der Waals surface area contributed by atoms with Crippen molar-refractivity contribution in [2.75, 3.05) is 0 Å². The molecule has 0 saturated carbocycles. The van der Waals surface area contributed by atoms with Gasteiger partial charge in [-0.15, -0.1) is 0 Å². The predicted octanol–water partition coefficient (Wildman–Crippen LogP) is 1.36. The summed E-state index contributed by atoms with van der Waals surface area (Å²) in [4.78, 5) is 9.74. The van der Waals surface area contributed by atoms with Crippen molar-refractivity contribution < 1.29 is 36.3 Å². The maximum Gasteiger partial charge on any atom is 0.298 e. The van der Waals surface area contributed by atoms with Gasteiger partial charge in [0.2, 0.25) is 0 Å². The first-order valence-electron chi connectivity index (χ1n) is 2.69. The molecule has 0 fully saturated rings. The van der Waals surface area contributed by atoms with E-state index in [1.54, 1.807) is 6.07 Å². The van der Waals surface area contributed by atoms with Gasteiger partial charge in [-0.3, -0.25) is 4.79 Å². The van der Waals surface area contributed by atoms with E-state index in [0.717, 1.165) is 0 Å². The summed E-state index contributed by atoms with van der Waals surface area (Å²) in [5.41, 5.74) is 0. The van der Waals surface area contributed by atoms with Crippen molar-refractivity contribution in [2.24, 2.45) is 0 Å². The van der Waals surface area contributed by atoms with E-state index in [9.17, 15) is 9.18 Å². The number of benzene rings is 1. The topological polar surface area (TPSA) is 26.3 Å². The number of hydrogen-bond donors (Lipinski definition) is 0. The van der Waals surface area contributed by atoms with E-state index >= 15 is 0 Å². The maximum atomic E-state index is 12.5. The summed E-state index contributed by atoms with van der Waals surface area (Å²) in [5, 5.41) is 0. The van der Waals surface area contributed by atoms with Gasteiger partial charge >= 0.3 is 0 Å². The van der Waals surface area contributed by atoms with E-state index in [-0.39, 0.29) is 34.6 Å². The van der Waals surface area contributed by atoms with Crippen molar-refractivity contribution in [3.05, 3.63) is 30.1 Å². The fourth-order valence-electron chi connectivity index (χ4n) is 0.592. The molecule has 0 aliphatic rings. The van der Waals surface area contributed by atoms with Crippen LogP contribution in [0.25, 0.3) is 0 Å². The summed E-state index contributed by atoms with van der Waals surface area (Å²) in [5.74, 6) is -0.577. The first-order chi connectivity index (χ1) is 4.84. The van der Waals surface area contributed by atoms with Gasteiger partial charge in [0.05, 0.1) is 0 Å². The average Bonchev–Trinajstić information content (AvgIpc) is 1.94. The van der Waals surface area contributed by atoms with Gasteiger partial charge in [0, 0.05) is 22.4 Å². The standard InChI is InChI=1S/C7H5FO2.Ag/c8-6-3-1-2-4-7(6)10-5-9;/h1-5H;. The second-order valence-electron chi connectivity index (χ2n) is 1.64. The Hall–Kier alpha value is -0.640. The third kappa shape index (κ3) is 2.84. The van der Waals surface area contributed by atoms with Crippen LogP contribution in [0.1, 0.15) is 0 Å². The van der Waals surface area contributed by atoms with Crippen LogP contribution < -0.4 is 4.74 Å². The van der Waals surface area contributed by atoms with E-state index in [4.69, 9.17) is 0 Å². The molecule has 0 aliphatic carbocycles. The molecule has 0 saturated heterocycles. The first kappa shape index (κ1) is 10.4. The van der Waals surface area contributed by atoms with Gasteiger partial charge in [0.25, 0.3) is 6.47 Å².